The highest BCUT2D eigenvalue weighted by atomic mass is 16.5. The van der Waals surface area contributed by atoms with Crippen molar-refractivity contribution >= 4 is 5.69 Å². The maximum absolute atomic E-state index is 5.47. The van der Waals surface area contributed by atoms with Gasteiger partial charge in [0.15, 0.2) is 0 Å². The van der Waals surface area contributed by atoms with Gasteiger partial charge >= 0.3 is 0 Å². The second-order valence-corrected chi connectivity index (χ2v) is 4.02. The quantitative estimate of drug-likeness (QED) is 0.797. The lowest BCUT2D eigenvalue weighted by atomic mass is 10.3. The van der Waals surface area contributed by atoms with Crippen LogP contribution in [0.1, 0.15) is 13.3 Å². The van der Waals surface area contributed by atoms with Gasteiger partial charge in [-0.1, -0.05) is 0 Å². The predicted octanol–water partition coefficient (Wildman–Crippen LogP) is 0.254. The van der Waals surface area contributed by atoms with E-state index in [0.717, 1.165) is 18.8 Å². The van der Waals surface area contributed by atoms with Gasteiger partial charge in [-0.05, 0) is 6.92 Å². The van der Waals surface area contributed by atoms with E-state index in [1.807, 2.05) is 13.1 Å². The van der Waals surface area contributed by atoms with E-state index in [9.17, 15) is 0 Å². The van der Waals surface area contributed by atoms with Crippen molar-refractivity contribution in [3.05, 3.63) is 18.5 Å². The summed E-state index contributed by atoms with van der Waals surface area (Å²) in [7, 11) is 0. The number of hydrogen-bond donors (Lipinski definition) is 1. The van der Waals surface area contributed by atoms with Crippen molar-refractivity contribution in [3.63, 3.8) is 0 Å². The molecular formula is C12H20N3O+. The normalized spacial score (nSPS) is 16.9. The number of aromatic nitrogens is 1. The molecule has 2 heterocycles. The minimum Gasteiger partial charge on any atom is -0.492 e. The molecule has 0 radical (unpaired) electrons. The van der Waals surface area contributed by atoms with Crippen LogP contribution in [0, 0.1) is 0 Å². The first-order chi connectivity index (χ1) is 7.90. The van der Waals surface area contributed by atoms with Gasteiger partial charge < -0.3 is 15.0 Å². The van der Waals surface area contributed by atoms with Crippen molar-refractivity contribution in [2.75, 3.05) is 37.7 Å². The molecule has 1 fully saturated rings. The van der Waals surface area contributed by atoms with Crippen LogP contribution < -0.4 is 15.0 Å². The molecule has 1 aliphatic heterocycles. The number of rotatable bonds is 3. The number of hydrogen-bond acceptors (Lipinski definition) is 3. The Morgan fingerprint density at radius 2 is 2.31 bits per heavy atom. The maximum atomic E-state index is 5.47. The Balaban J connectivity index is 2.08. The fraction of sp³-hybridized carbons (Fsp3) is 0.583. The standard InChI is InChI=1S/C12H19N3O/c1-2-16-12-8-11(9-14-10-12)15-6-3-4-13-5-7-15/h8-10,13H,2-7H2,1H3/p+1. The predicted molar refractivity (Wildman–Crippen MR) is 63.9 cm³/mol. The van der Waals surface area contributed by atoms with Crippen LogP contribution in [-0.4, -0.2) is 37.8 Å². The van der Waals surface area contributed by atoms with Gasteiger partial charge in [0, 0.05) is 19.0 Å². The Labute approximate surface area is 96.6 Å². The number of ether oxygens (including phenoxy) is 1. The fourth-order valence-electron chi connectivity index (χ4n) is 2.01. The van der Waals surface area contributed by atoms with Crippen molar-refractivity contribution < 1.29 is 10.1 Å². The molecule has 1 aromatic heterocycles. The molecule has 16 heavy (non-hydrogen) atoms. The van der Waals surface area contributed by atoms with Gasteiger partial charge in [-0.15, -0.1) is 0 Å². The monoisotopic (exact) mass is 222 g/mol. The molecule has 88 valence electrons. The molecule has 0 bridgehead atoms. The molecule has 0 aliphatic carbocycles. The summed E-state index contributed by atoms with van der Waals surface area (Å²) in [4.78, 5) is 6.62. The topological polar surface area (TPSA) is 42.0 Å². The van der Waals surface area contributed by atoms with Crippen LogP contribution in [0.15, 0.2) is 18.5 Å². The molecule has 2 N–H and O–H groups in total. The number of quaternary nitrogens is 1. The van der Waals surface area contributed by atoms with E-state index in [2.05, 4.69) is 21.3 Å². The largest absolute Gasteiger partial charge is 0.492 e. The van der Waals surface area contributed by atoms with Crippen molar-refractivity contribution in [1.82, 2.24) is 4.98 Å². The average molecular weight is 222 g/mol. The summed E-state index contributed by atoms with van der Waals surface area (Å²) in [6.07, 6.45) is 4.93. The number of anilines is 1. The first-order valence-corrected chi connectivity index (χ1v) is 6.04. The van der Waals surface area contributed by atoms with E-state index in [1.54, 1.807) is 6.20 Å². The third-order valence-electron chi connectivity index (χ3n) is 2.81. The smallest absolute Gasteiger partial charge is 0.139 e. The summed E-state index contributed by atoms with van der Waals surface area (Å²) >= 11 is 0. The molecule has 0 saturated carbocycles. The van der Waals surface area contributed by atoms with Crippen LogP contribution in [0.25, 0.3) is 0 Å². The van der Waals surface area contributed by atoms with Crippen LogP contribution in [0.5, 0.6) is 5.75 Å². The fourth-order valence-corrected chi connectivity index (χ4v) is 2.01. The third-order valence-corrected chi connectivity index (χ3v) is 2.81. The van der Waals surface area contributed by atoms with Crippen molar-refractivity contribution in [1.29, 1.82) is 0 Å². The first kappa shape index (κ1) is 11.2. The molecule has 1 aromatic rings. The van der Waals surface area contributed by atoms with Crippen LogP contribution in [0.2, 0.25) is 0 Å². The van der Waals surface area contributed by atoms with Gasteiger partial charge in [0.05, 0.1) is 44.3 Å². The minimum absolute atomic E-state index is 0.693. The Hall–Kier alpha value is -1.29. The summed E-state index contributed by atoms with van der Waals surface area (Å²) in [6, 6.07) is 2.09. The van der Waals surface area contributed by atoms with Crippen LogP contribution in [-0.2, 0) is 0 Å². The lowest BCUT2D eigenvalue weighted by Crippen LogP contribution is -2.84. The van der Waals surface area contributed by atoms with Gasteiger partial charge in [-0.2, -0.15) is 0 Å². The van der Waals surface area contributed by atoms with Gasteiger partial charge in [0.1, 0.15) is 5.75 Å². The Morgan fingerprint density at radius 3 is 3.19 bits per heavy atom. The Bertz CT molecular complexity index is 322. The Kier molecular flexibility index (Phi) is 3.99. The second kappa shape index (κ2) is 5.70. The lowest BCUT2D eigenvalue weighted by Gasteiger charge is -2.21. The number of pyridine rings is 1. The zero-order valence-corrected chi connectivity index (χ0v) is 9.85. The molecule has 0 spiro atoms. The van der Waals surface area contributed by atoms with Gasteiger partial charge in [0.25, 0.3) is 0 Å². The first-order valence-electron chi connectivity index (χ1n) is 6.04. The molecule has 1 aliphatic rings. The lowest BCUT2D eigenvalue weighted by molar-refractivity contribution is -0.650. The number of nitrogens with zero attached hydrogens (tertiary/aromatic N) is 2. The van der Waals surface area contributed by atoms with E-state index >= 15 is 0 Å². The van der Waals surface area contributed by atoms with E-state index in [1.165, 1.54) is 25.2 Å². The summed E-state index contributed by atoms with van der Waals surface area (Å²) in [6.45, 7) is 7.30. The summed E-state index contributed by atoms with van der Waals surface area (Å²) in [5.74, 6) is 0.869. The van der Waals surface area contributed by atoms with Crippen molar-refractivity contribution in [2.45, 2.75) is 13.3 Å². The minimum atomic E-state index is 0.693. The molecule has 0 amide bonds. The molecule has 0 atom stereocenters. The van der Waals surface area contributed by atoms with Crippen molar-refractivity contribution in [3.8, 4) is 5.75 Å². The molecular weight excluding hydrogens is 202 g/mol. The van der Waals surface area contributed by atoms with Gasteiger partial charge in [-0.3, -0.25) is 4.98 Å². The SMILES string of the molecule is CCOc1cncc(N2CCC[NH2+]CC2)c1. The molecule has 4 heteroatoms. The van der Waals surface area contributed by atoms with E-state index in [4.69, 9.17) is 4.74 Å². The highest BCUT2D eigenvalue weighted by Gasteiger charge is 2.11. The summed E-state index contributed by atoms with van der Waals surface area (Å²) in [5.41, 5.74) is 1.18. The van der Waals surface area contributed by atoms with E-state index in [-0.39, 0.29) is 0 Å². The van der Waals surface area contributed by atoms with Crippen molar-refractivity contribution in [2.24, 2.45) is 0 Å². The molecule has 4 nitrogen and oxygen atoms in total. The molecule has 1 saturated heterocycles. The highest BCUT2D eigenvalue weighted by molar-refractivity contribution is 5.48. The van der Waals surface area contributed by atoms with Gasteiger partial charge in [-0.25, -0.2) is 0 Å². The van der Waals surface area contributed by atoms with Gasteiger partial charge in [0.2, 0.25) is 0 Å². The summed E-state index contributed by atoms with van der Waals surface area (Å²) in [5, 5.41) is 2.37. The van der Waals surface area contributed by atoms with E-state index < -0.39 is 0 Å². The average Bonchev–Trinajstić information content (AvgIpc) is 2.58. The van der Waals surface area contributed by atoms with Crippen LogP contribution in [0.3, 0.4) is 0 Å². The third kappa shape index (κ3) is 2.85. The van der Waals surface area contributed by atoms with E-state index in [0.29, 0.717) is 6.61 Å². The van der Waals surface area contributed by atoms with Crippen LogP contribution >= 0.6 is 0 Å². The summed E-state index contributed by atoms with van der Waals surface area (Å²) < 4.78 is 5.47. The maximum Gasteiger partial charge on any atom is 0.139 e. The number of nitrogens with two attached hydrogens (primary N) is 1. The zero-order chi connectivity index (χ0) is 11.2. The Morgan fingerprint density at radius 1 is 1.38 bits per heavy atom. The van der Waals surface area contributed by atoms with Crippen LogP contribution in [0.4, 0.5) is 5.69 Å². The highest BCUT2D eigenvalue weighted by Crippen LogP contribution is 2.19. The molecule has 2 rings (SSSR count). The molecule has 0 aromatic carbocycles. The molecule has 0 unspecified atom stereocenters. The zero-order valence-electron chi connectivity index (χ0n) is 9.85. The second-order valence-electron chi connectivity index (χ2n) is 4.02.